The lowest BCUT2D eigenvalue weighted by Gasteiger charge is -2.40. The summed E-state index contributed by atoms with van der Waals surface area (Å²) in [5.74, 6) is 0.273. The van der Waals surface area contributed by atoms with Crippen molar-refractivity contribution < 1.29 is 9.59 Å². The second-order valence-electron chi connectivity index (χ2n) is 7.20. The van der Waals surface area contributed by atoms with Crippen LogP contribution in [0.1, 0.15) is 46.5 Å². The lowest BCUT2D eigenvalue weighted by atomic mass is 9.95. The number of nitrogens with zero attached hydrogens (tertiary/aromatic N) is 3. The molecule has 2 saturated heterocycles. The second-order valence-corrected chi connectivity index (χ2v) is 7.20. The molecule has 2 aliphatic rings. The molecule has 2 N–H and O–H groups in total. The van der Waals surface area contributed by atoms with E-state index in [9.17, 15) is 9.59 Å². The fourth-order valence-electron chi connectivity index (χ4n) is 3.66. The minimum atomic E-state index is -0.770. The number of carbonyl (C=O) groups excluding carboxylic acids is 2. The predicted octanol–water partition coefficient (Wildman–Crippen LogP) is 0.659. The van der Waals surface area contributed by atoms with Gasteiger partial charge in [-0.1, -0.05) is 13.3 Å². The highest BCUT2D eigenvalue weighted by Crippen LogP contribution is 2.17. The summed E-state index contributed by atoms with van der Waals surface area (Å²) in [6, 6.07) is -0.0924. The van der Waals surface area contributed by atoms with Gasteiger partial charge < -0.3 is 15.5 Å². The van der Waals surface area contributed by atoms with Crippen molar-refractivity contribution in [1.29, 1.82) is 0 Å². The van der Waals surface area contributed by atoms with Gasteiger partial charge in [-0.05, 0) is 33.1 Å². The van der Waals surface area contributed by atoms with E-state index in [4.69, 9.17) is 5.73 Å². The Morgan fingerprint density at radius 2 is 1.61 bits per heavy atom. The van der Waals surface area contributed by atoms with E-state index in [0.717, 1.165) is 45.4 Å². The molecule has 132 valence electrons. The number of likely N-dealkylation sites (tertiary alicyclic amines) is 1. The van der Waals surface area contributed by atoms with Gasteiger partial charge in [0.1, 0.15) is 0 Å². The first-order valence-electron chi connectivity index (χ1n) is 8.98. The molecular weight excluding hydrogens is 292 g/mol. The van der Waals surface area contributed by atoms with Gasteiger partial charge in [0.2, 0.25) is 11.8 Å². The third kappa shape index (κ3) is 4.23. The van der Waals surface area contributed by atoms with Gasteiger partial charge in [0.25, 0.3) is 0 Å². The molecule has 0 aliphatic carbocycles. The fraction of sp³-hybridized carbons (Fsp3) is 0.882. The lowest BCUT2D eigenvalue weighted by molar-refractivity contribution is -0.140. The Labute approximate surface area is 140 Å². The quantitative estimate of drug-likeness (QED) is 0.806. The minimum Gasteiger partial charge on any atom is -0.341 e. The first-order valence-corrected chi connectivity index (χ1v) is 8.98. The zero-order valence-corrected chi connectivity index (χ0v) is 14.9. The zero-order valence-electron chi connectivity index (χ0n) is 14.9. The summed E-state index contributed by atoms with van der Waals surface area (Å²) < 4.78 is 0. The van der Waals surface area contributed by atoms with E-state index in [1.54, 1.807) is 0 Å². The highest BCUT2D eigenvalue weighted by molar-refractivity contribution is 5.86. The van der Waals surface area contributed by atoms with Crippen LogP contribution in [-0.2, 0) is 9.59 Å². The molecule has 0 spiro atoms. The van der Waals surface area contributed by atoms with E-state index >= 15 is 0 Å². The Morgan fingerprint density at radius 1 is 1.04 bits per heavy atom. The van der Waals surface area contributed by atoms with Crippen LogP contribution in [-0.4, -0.2) is 77.4 Å². The molecule has 0 saturated carbocycles. The van der Waals surface area contributed by atoms with Crippen molar-refractivity contribution in [2.75, 3.05) is 39.3 Å². The first-order chi connectivity index (χ1) is 10.9. The summed E-state index contributed by atoms with van der Waals surface area (Å²) in [5, 5.41) is 0. The number of hydrogen-bond donors (Lipinski definition) is 1. The van der Waals surface area contributed by atoms with Crippen molar-refractivity contribution in [3.8, 4) is 0 Å². The van der Waals surface area contributed by atoms with Crippen molar-refractivity contribution in [2.45, 2.75) is 58.0 Å². The summed E-state index contributed by atoms with van der Waals surface area (Å²) in [6.45, 7) is 10.5. The van der Waals surface area contributed by atoms with Crippen LogP contribution >= 0.6 is 0 Å². The van der Waals surface area contributed by atoms with Gasteiger partial charge in [0.15, 0.2) is 0 Å². The van der Waals surface area contributed by atoms with E-state index in [-0.39, 0.29) is 17.9 Å². The van der Waals surface area contributed by atoms with E-state index in [0.29, 0.717) is 19.5 Å². The average molecular weight is 324 g/mol. The molecular formula is C17H32N4O2. The van der Waals surface area contributed by atoms with Crippen LogP contribution in [0, 0.1) is 0 Å². The summed E-state index contributed by atoms with van der Waals surface area (Å²) in [4.78, 5) is 31.1. The Kier molecular flexibility index (Phi) is 6.03. The summed E-state index contributed by atoms with van der Waals surface area (Å²) in [5.41, 5.74) is 5.39. The summed E-state index contributed by atoms with van der Waals surface area (Å²) >= 11 is 0. The predicted molar refractivity (Wildman–Crippen MR) is 90.9 cm³/mol. The molecule has 2 fully saturated rings. The average Bonchev–Trinajstić information content (AvgIpc) is 3.07. The van der Waals surface area contributed by atoms with E-state index in [2.05, 4.69) is 4.90 Å². The Bertz CT molecular complexity index is 424. The maximum absolute atomic E-state index is 12.5. The topological polar surface area (TPSA) is 69.9 Å². The van der Waals surface area contributed by atoms with Crippen LogP contribution in [0.15, 0.2) is 0 Å². The molecule has 6 nitrogen and oxygen atoms in total. The van der Waals surface area contributed by atoms with Gasteiger partial charge in [-0.3, -0.25) is 14.5 Å². The van der Waals surface area contributed by atoms with Gasteiger partial charge in [-0.15, -0.1) is 0 Å². The molecule has 0 aromatic rings. The molecule has 0 aromatic heterocycles. The standard InChI is InChI=1S/C17H32N4O2/c1-4-7-17(3,18)16(23)21-12-10-19(11-13-21)14(2)15(22)20-8-5-6-9-20/h14H,4-13,18H2,1-3H3. The van der Waals surface area contributed by atoms with Crippen molar-refractivity contribution in [3.63, 3.8) is 0 Å². The third-order valence-electron chi connectivity index (χ3n) is 5.18. The van der Waals surface area contributed by atoms with Crippen LogP contribution in [0.4, 0.5) is 0 Å². The smallest absolute Gasteiger partial charge is 0.242 e. The maximum Gasteiger partial charge on any atom is 0.242 e. The third-order valence-corrected chi connectivity index (χ3v) is 5.18. The fourth-order valence-corrected chi connectivity index (χ4v) is 3.66. The molecule has 0 bridgehead atoms. The number of piperazine rings is 1. The Balaban J connectivity index is 1.85. The summed E-state index contributed by atoms with van der Waals surface area (Å²) in [7, 11) is 0. The zero-order chi connectivity index (χ0) is 17.0. The molecule has 2 unspecified atom stereocenters. The summed E-state index contributed by atoms with van der Waals surface area (Å²) in [6.07, 6.45) is 3.84. The molecule has 2 heterocycles. The van der Waals surface area contributed by atoms with Crippen LogP contribution in [0.2, 0.25) is 0 Å². The molecule has 6 heteroatoms. The normalized spacial score (nSPS) is 23.7. The lowest BCUT2D eigenvalue weighted by Crippen LogP contribution is -2.60. The number of amides is 2. The van der Waals surface area contributed by atoms with Crippen molar-refractivity contribution in [3.05, 3.63) is 0 Å². The number of hydrogen-bond acceptors (Lipinski definition) is 4. The van der Waals surface area contributed by atoms with Gasteiger partial charge in [0, 0.05) is 39.3 Å². The van der Waals surface area contributed by atoms with Crippen LogP contribution < -0.4 is 5.73 Å². The number of carbonyl (C=O) groups is 2. The van der Waals surface area contributed by atoms with E-state index in [1.807, 2.05) is 30.6 Å². The van der Waals surface area contributed by atoms with Gasteiger partial charge in [-0.25, -0.2) is 0 Å². The highest BCUT2D eigenvalue weighted by atomic mass is 16.2. The van der Waals surface area contributed by atoms with Crippen LogP contribution in [0.25, 0.3) is 0 Å². The SMILES string of the molecule is CCCC(C)(N)C(=O)N1CCN(C(C)C(=O)N2CCCC2)CC1. The van der Waals surface area contributed by atoms with Gasteiger partial charge in [-0.2, -0.15) is 0 Å². The van der Waals surface area contributed by atoms with Crippen molar-refractivity contribution >= 4 is 11.8 Å². The van der Waals surface area contributed by atoms with Crippen molar-refractivity contribution in [2.24, 2.45) is 5.73 Å². The molecule has 0 aromatic carbocycles. The van der Waals surface area contributed by atoms with Crippen LogP contribution in [0.3, 0.4) is 0 Å². The van der Waals surface area contributed by atoms with Gasteiger partial charge in [0.05, 0.1) is 11.6 Å². The number of nitrogens with two attached hydrogens (primary N) is 1. The molecule has 2 atom stereocenters. The largest absolute Gasteiger partial charge is 0.341 e. The van der Waals surface area contributed by atoms with Gasteiger partial charge >= 0.3 is 0 Å². The second kappa shape index (κ2) is 7.62. The first kappa shape index (κ1) is 18.2. The monoisotopic (exact) mass is 324 g/mol. The van der Waals surface area contributed by atoms with E-state index < -0.39 is 5.54 Å². The molecule has 2 aliphatic heterocycles. The molecule has 23 heavy (non-hydrogen) atoms. The van der Waals surface area contributed by atoms with Crippen LogP contribution in [0.5, 0.6) is 0 Å². The molecule has 2 amide bonds. The van der Waals surface area contributed by atoms with Crippen molar-refractivity contribution in [1.82, 2.24) is 14.7 Å². The Hall–Kier alpha value is -1.14. The van der Waals surface area contributed by atoms with E-state index in [1.165, 1.54) is 0 Å². The molecule has 0 radical (unpaired) electrons. The maximum atomic E-state index is 12.5. The number of rotatable bonds is 5. The Morgan fingerprint density at radius 3 is 2.13 bits per heavy atom. The molecule has 2 rings (SSSR count). The minimum absolute atomic E-state index is 0.0394. The highest BCUT2D eigenvalue weighted by Gasteiger charge is 2.35.